The molecule has 1 amide bonds. The van der Waals surface area contributed by atoms with Crippen LogP contribution < -0.4 is 4.90 Å². The fraction of sp³-hybridized carbons (Fsp3) is 0.421. The molecule has 1 fully saturated rings. The maximum atomic E-state index is 13.2. The lowest BCUT2D eigenvalue weighted by molar-refractivity contribution is 0.0376. The number of nitrogens with zero attached hydrogens (tertiary/aromatic N) is 5. The number of hydrogen-bond acceptors (Lipinski definition) is 6. The second-order valence-corrected chi connectivity index (χ2v) is 8.16. The van der Waals surface area contributed by atoms with Crippen LogP contribution in [0.15, 0.2) is 30.5 Å². The SMILES string of the molecule is Cn1nccc1C(=O)N(CCCN1CCOCC1)c1nc2ccc(Cl)cc2s1. The summed E-state index contributed by atoms with van der Waals surface area (Å²) < 4.78 is 7.97. The van der Waals surface area contributed by atoms with E-state index in [1.807, 2.05) is 18.2 Å². The highest BCUT2D eigenvalue weighted by Gasteiger charge is 2.24. The number of anilines is 1. The Morgan fingerprint density at radius 1 is 1.32 bits per heavy atom. The number of carbonyl (C=O) groups is 1. The summed E-state index contributed by atoms with van der Waals surface area (Å²) in [7, 11) is 1.78. The van der Waals surface area contributed by atoms with Crippen molar-refractivity contribution in [3.63, 3.8) is 0 Å². The molecule has 1 saturated heterocycles. The van der Waals surface area contributed by atoms with Gasteiger partial charge in [-0.1, -0.05) is 22.9 Å². The molecule has 3 heterocycles. The average Bonchev–Trinajstić information content (AvgIpc) is 3.31. The molecule has 0 aliphatic carbocycles. The van der Waals surface area contributed by atoms with Crippen molar-refractivity contribution in [2.24, 2.45) is 7.05 Å². The van der Waals surface area contributed by atoms with Crippen molar-refractivity contribution < 1.29 is 9.53 Å². The lowest BCUT2D eigenvalue weighted by atomic mass is 10.3. The number of hydrogen-bond donors (Lipinski definition) is 0. The molecule has 1 aliphatic heterocycles. The summed E-state index contributed by atoms with van der Waals surface area (Å²) in [6, 6.07) is 7.33. The summed E-state index contributed by atoms with van der Waals surface area (Å²) in [4.78, 5) is 22.0. The minimum atomic E-state index is -0.0906. The third-order valence-electron chi connectivity index (χ3n) is 4.82. The van der Waals surface area contributed by atoms with Crippen LogP contribution in [-0.4, -0.2) is 65.0 Å². The largest absolute Gasteiger partial charge is 0.379 e. The molecule has 0 spiro atoms. The molecule has 3 aromatic rings. The minimum absolute atomic E-state index is 0.0906. The topological polar surface area (TPSA) is 63.5 Å². The molecule has 1 aromatic carbocycles. The number of halogens is 1. The number of aromatic nitrogens is 3. The van der Waals surface area contributed by atoms with Crippen molar-refractivity contribution in [1.29, 1.82) is 0 Å². The van der Waals surface area contributed by atoms with Gasteiger partial charge in [0.15, 0.2) is 5.13 Å². The number of thiazole rings is 1. The maximum Gasteiger partial charge on any atom is 0.278 e. The third-order valence-corrected chi connectivity index (χ3v) is 6.09. The molecule has 0 radical (unpaired) electrons. The number of rotatable bonds is 6. The molecule has 0 bridgehead atoms. The van der Waals surface area contributed by atoms with Crippen LogP contribution in [0.2, 0.25) is 5.02 Å². The van der Waals surface area contributed by atoms with Crippen LogP contribution in [0.25, 0.3) is 10.2 Å². The zero-order chi connectivity index (χ0) is 19.5. The van der Waals surface area contributed by atoms with Crippen molar-refractivity contribution in [2.45, 2.75) is 6.42 Å². The Balaban J connectivity index is 1.56. The Labute approximate surface area is 172 Å². The molecular weight excluding hydrogens is 398 g/mol. The summed E-state index contributed by atoms with van der Waals surface area (Å²) in [5.41, 5.74) is 1.39. The highest BCUT2D eigenvalue weighted by atomic mass is 35.5. The summed E-state index contributed by atoms with van der Waals surface area (Å²) >= 11 is 7.60. The van der Waals surface area contributed by atoms with E-state index < -0.39 is 0 Å². The van der Waals surface area contributed by atoms with E-state index in [-0.39, 0.29) is 5.91 Å². The van der Waals surface area contributed by atoms with Crippen LogP contribution in [0.5, 0.6) is 0 Å². The van der Waals surface area contributed by atoms with E-state index >= 15 is 0 Å². The van der Waals surface area contributed by atoms with Gasteiger partial charge in [0, 0.05) is 44.4 Å². The highest BCUT2D eigenvalue weighted by Crippen LogP contribution is 2.31. The Kier molecular flexibility index (Phi) is 5.91. The van der Waals surface area contributed by atoms with Crippen LogP contribution in [0.1, 0.15) is 16.9 Å². The van der Waals surface area contributed by atoms with E-state index in [2.05, 4.69) is 15.0 Å². The van der Waals surface area contributed by atoms with Gasteiger partial charge in [0.05, 0.1) is 23.4 Å². The first-order chi connectivity index (χ1) is 13.6. The second-order valence-electron chi connectivity index (χ2n) is 6.71. The van der Waals surface area contributed by atoms with Crippen molar-refractivity contribution >= 4 is 44.2 Å². The van der Waals surface area contributed by atoms with Gasteiger partial charge in [-0.2, -0.15) is 5.10 Å². The van der Waals surface area contributed by atoms with Gasteiger partial charge in [-0.3, -0.25) is 19.3 Å². The number of fused-ring (bicyclic) bond motifs is 1. The van der Waals surface area contributed by atoms with Crippen LogP contribution in [0, 0.1) is 0 Å². The van der Waals surface area contributed by atoms with Crippen molar-refractivity contribution in [2.75, 3.05) is 44.3 Å². The number of amides is 1. The zero-order valence-corrected chi connectivity index (χ0v) is 17.2. The summed E-state index contributed by atoms with van der Waals surface area (Å²) in [5, 5.41) is 5.49. The number of carbonyl (C=O) groups excluding carboxylic acids is 1. The molecule has 2 aromatic heterocycles. The Morgan fingerprint density at radius 2 is 2.14 bits per heavy atom. The van der Waals surface area contributed by atoms with Crippen LogP contribution in [-0.2, 0) is 11.8 Å². The number of morpholine rings is 1. The zero-order valence-electron chi connectivity index (χ0n) is 15.7. The van der Waals surface area contributed by atoms with Gasteiger partial charge in [0.25, 0.3) is 5.91 Å². The quantitative estimate of drug-likeness (QED) is 0.614. The highest BCUT2D eigenvalue weighted by molar-refractivity contribution is 7.22. The first-order valence-electron chi connectivity index (χ1n) is 9.28. The van der Waals surface area contributed by atoms with E-state index in [0.717, 1.165) is 49.5 Å². The molecule has 0 unspecified atom stereocenters. The summed E-state index contributed by atoms with van der Waals surface area (Å²) in [5.74, 6) is -0.0906. The molecule has 0 N–H and O–H groups in total. The van der Waals surface area contributed by atoms with Crippen LogP contribution >= 0.6 is 22.9 Å². The van der Waals surface area contributed by atoms with Gasteiger partial charge in [-0.05, 0) is 30.7 Å². The Bertz CT molecular complexity index is 966. The Morgan fingerprint density at radius 3 is 2.89 bits per heavy atom. The molecule has 28 heavy (non-hydrogen) atoms. The normalized spacial score (nSPS) is 15.2. The summed E-state index contributed by atoms with van der Waals surface area (Å²) in [6.07, 6.45) is 2.50. The van der Waals surface area contributed by atoms with Crippen LogP contribution in [0.3, 0.4) is 0 Å². The average molecular weight is 420 g/mol. The molecule has 0 atom stereocenters. The van der Waals surface area contributed by atoms with Gasteiger partial charge in [0.2, 0.25) is 0 Å². The molecular formula is C19H22ClN5O2S. The predicted octanol–water partition coefficient (Wildman–Crippen LogP) is 3.05. The third kappa shape index (κ3) is 4.20. The lowest BCUT2D eigenvalue weighted by Gasteiger charge is -2.27. The van der Waals surface area contributed by atoms with Gasteiger partial charge in [-0.25, -0.2) is 4.98 Å². The number of ether oxygens (including phenoxy) is 1. The first-order valence-corrected chi connectivity index (χ1v) is 10.5. The monoisotopic (exact) mass is 419 g/mol. The fourth-order valence-corrected chi connectivity index (χ4v) is 4.55. The maximum absolute atomic E-state index is 13.2. The van der Waals surface area contributed by atoms with Gasteiger partial charge in [0.1, 0.15) is 5.69 Å². The Hall–Kier alpha value is -2.00. The fourth-order valence-electron chi connectivity index (χ4n) is 3.28. The number of aryl methyl sites for hydroxylation is 1. The second kappa shape index (κ2) is 8.57. The lowest BCUT2D eigenvalue weighted by Crippen LogP contribution is -2.39. The predicted molar refractivity (Wildman–Crippen MR) is 111 cm³/mol. The van der Waals surface area contributed by atoms with Gasteiger partial charge >= 0.3 is 0 Å². The molecule has 1 aliphatic rings. The molecule has 7 nitrogen and oxygen atoms in total. The van der Waals surface area contributed by atoms with E-state index in [0.29, 0.717) is 22.4 Å². The smallest absolute Gasteiger partial charge is 0.278 e. The minimum Gasteiger partial charge on any atom is -0.379 e. The standard InChI is InChI=1S/C19H22ClN5O2S/c1-23-16(5-6-21-23)18(26)25(8-2-7-24-9-11-27-12-10-24)19-22-15-4-3-14(20)13-17(15)28-19/h3-6,13H,2,7-12H2,1H3. The van der Waals surface area contributed by atoms with Gasteiger partial charge in [-0.15, -0.1) is 0 Å². The first kappa shape index (κ1) is 19.3. The molecule has 4 rings (SSSR count). The molecule has 9 heteroatoms. The van der Waals surface area contributed by atoms with Crippen LogP contribution in [0.4, 0.5) is 5.13 Å². The van der Waals surface area contributed by atoms with Crippen molar-refractivity contribution in [1.82, 2.24) is 19.7 Å². The number of benzene rings is 1. The summed E-state index contributed by atoms with van der Waals surface area (Å²) in [6.45, 7) is 4.95. The van der Waals surface area contributed by atoms with E-state index in [1.165, 1.54) is 11.3 Å². The van der Waals surface area contributed by atoms with E-state index in [4.69, 9.17) is 16.3 Å². The van der Waals surface area contributed by atoms with Crippen molar-refractivity contribution in [3.05, 3.63) is 41.2 Å². The van der Waals surface area contributed by atoms with Gasteiger partial charge < -0.3 is 4.74 Å². The van der Waals surface area contributed by atoms with E-state index in [9.17, 15) is 4.79 Å². The van der Waals surface area contributed by atoms with E-state index in [1.54, 1.807) is 28.9 Å². The molecule has 0 saturated carbocycles. The van der Waals surface area contributed by atoms with Crippen molar-refractivity contribution in [3.8, 4) is 0 Å². The molecule has 148 valence electrons.